The summed E-state index contributed by atoms with van der Waals surface area (Å²) >= 11 is 1.88. The minimum atomic E-state index is 0.916. The largest absolute Gasteiger partial charge is 0.455 e. The van der Waals surface area contributed by atoms with E-state index < -0.39 is 0 Å². The Hall–Kier alpha value is -5.44. The molecule has 0 radical (unpaired) electrons. The molecule has 0 N–H and O–H groups in total. The molecule has 10 aromatic rings. The standard InChI is InChI=1S/C42H24OS/c1-2-13-31-29(11-1)30-12-3-4-15-33(30)40-34(31)20-21-35-37-24-26(19-22-38(37)43-41(35)40)25-9-7-10-27(23-25)28-16-8-17-36-32-14-5-6-18-39(32)44-42(28)36/h1-24H. The third-order valence-electron chi connectivity index (χ3n) is 9.25. The van der Waals surface area contributed by atoms with Gasteiger partial charge in [0.25, 0.3) is 0 Å². The van der Waals surface area contributed by atoms with Gasteiger partial charge >= 0.3 is 0 Å². The first-order chi connectivity index (χ1) is 21.8. The molecule has 204 valence electrons. The first-order valence-electron chi connectivity index (χ1n) is 15.0. The van der Waals surface area contributed by atoms with Crippen molar-refractivity contribution >= 4 is 85.8 Å². The van der Waals surface area contributed by atoms with Crippen LogP contribution < -0.4 is 0 Å². The molecule has 0 aliphatic carbocycles. The second-order valence-corrected chi connectivity index (χ2v) is 12.7. The zero-order valence-electron chi connectivity index (χ0n) is 23.7. The molecule has 0 aliphatic rings. The lowest BCUT2D eigenvalue weighted by Gasteiger charge is -2.10. The molecule has 0 amide bonds. The number of thiophene rings is 1. The van der Waals surface area contributed by atoms with E-state index in [2.05, 4.69) is 146 Å². The highest BCUT2D eigenvalue weighted by Gasteiger charge is 2.17. The average molecular weight is 577 g/mol. The van der Waals surface area contributed by atoms with E-state index in [-0.39, 0.29) is 0 Å². The van der Waals surface area contributed by atoms with Gasteiger partial charge in [0, 0.05) is 36.3 Å². The maximum Gasteiger partial charge on any atom is 0.143 e. The van der Waals surface area contributed by atoms with Gasteiger partial charge in [-0.2, -0.15) is 0 Å². The molecule has 1 nitrogen and oxygen atoms in total. The molecule has 44 heavy (non-hydrogen) atoms. The number of rotatable bonds is 2. The number of hydrogen-bond donors (Lipinski definition) is 0. The molecular weight excluding hydrogens is 553 g/mol. The van der Waals surface area contributed by atoms with Gasteiger partial charge in [-0.1, -0.05) is 115 Å². The van der Waals surface area contributed by atoms with Crippen molar-refractivity contribution in [3.63, 3.8) is 0 Å². The fourth-order valence-electron chi connectivity index (χ4n) is 7.24. The van der Waals surface area contributed by atoms with Crippen molar-refractivity contribution in [2.45, 2.75) is 0 Å². The molecule has 0 fully saturated rings. The molecule has 0 bridgehead atoms. The summed E-state index contributed by atoms with van der Waals surface area (Å²) in [6, 6.07) is 52.9. The van der Waals surface area contributed by atoms with Crippen LogP contribution in [-0.2, 0) is 0 Å². The summed E-state index contributed by atoms with van der Waals surface area (Å²) in [5.41, 5.74) is 6.79. The van der Waals surface area contributed by atoms with Crippen molar-refractivity contribution in [1.29, 1.82) is 0 Å². The van der Waals surface area contributed by atoms with Crippen LogP contribution in [0.1, 0.15) is 0 Å². The van der Waals surface area contributed by atoms with Crippen molar-refractivity contribution in [2.24, 2.45) is 0 Å². The highest BCUT2D eigenvalue weighted by molar-refractivity contribution is 7.26. The van der Waals surface area contributed by atoms with Crippen LogP contribution in [0.4, 0.5) is 0 Å². The minimum absolute atomic E-state index is 0.916. The summed E-state index contributed by atoms with van der Waals surface area (Å²) in [6.45, 7) is 0. The molecule has 0 saturated carbocycles. The number of benzene rings is 8. The molecule has 2 heteroatoms. The number of fused-ring (bicyclic) bond motifs is 13. The molecule has 2 aromatic heterocycles. The Balaban J connectivity index is 1.18. The second kappa shape index (κ2) is 9.03. The van der Waals surface area contributed by atoms with Crippen molar-refractivity contribution in [3.8, 4) is 22.3 Å². The van der Waals surface area contributed by atoms with Gasteiger partial charge in [0.2, 0.25) is 0 Å². The maximum absolute atomic E-state index is 6.69. The Morgan fingerprint density at radius 2 is 1.00 bits per heavy atom. The Morgan fingerprint density at radius 1 is 0.386 bits per heavy atom. The molecule has 0 unspecified atom stereocenters. The van der Waals surface area contributed by atoms with Crippen LogP contribution in [0.2, 0.25) is 0 Å². The smallest absolute Gasteiger partial charge is 0.143 e. The maximum atomic E-state index is 6.69. The summed E-state index contributed by atoms with van der Waals surface area (Å²) in [6.07, 6.45) is 0. The quantitative estimate of drug-likeness (QED) is 0.187. The van der Waals surface area contributed by atoms with E-state index in [1.165, 1.54) is 74.7 Å². The van der Waals surface area contributed by atoms with Crippen molar-refractivity contribution < 1.29 is 4.42 Å². The van der Waals surface area contributed by atoms with Crippen LogP contribution in [0.15, 0.2) is 150 Å². The van der Waals surface area contributed by atoms with E-state index >= 15 is 0 Å². The summed E-state index contributed by atoms with van der Waals surface area (Å²) in [5.74, 6) is 0. The topological polar surface area (TPSA) is 13.1 Å². The normalized spacial score (nSPS) is 12.1. The van der Waals surface area contributed by atoms with Crippen LogP contribution in [-0.4, -0.2) is 0 Å². The first-order valence-corrected chi connectivity index (χ1v) is 15.8. The highest BCUT2D eigenvalue weighted by Crippen LogP contribution is 2.43. The number of hydrogen-bond acceptors (Lipinski definition) is 2. The first kappa shape index (κ1) is 24.0. The molecular formula is C42H24OS. The molecule has 8 aromatic carbocycles. The minimum Gasteiger partial charge on any atom is -0.455 e. The molecule has 0 spiro atoms. The average Bonchev–Trinajstić information content (AvgIpc) is 3.66. The van der Waals surface area contributed by atoms with Crippen LogP contribution in [0, 0.1) is 0 Å². The van der Waals surface area contributed by atoms with Crippen molar-refractivity contribution in [3.05, 3.63) is 146 Å². The Kier molecular flexibility index (Phi) is 4.94. The van der Waals surface area contributed by atoms with Gasteiger partial charge in [0.1, 0.15) is 11.2 Å². The Bertz CT molecular complexity index is 2740. The molecule has 0 saturated heterocycles. The summed E-state index contributed by atoms with van der Waals surface area (Å²) in [7, 11) is 0. The fraction of sp³-hybridized carbons (Fsp3) is 0. The third kappa shape index (κ3) is 3.35. The lowest BCUT2D eigenvalue weighted by molar-refractivity contribution is 0.673. The molecule has 2 heterocycles. The van der Waals surface area contributed by atoms with Gasteiger partial charge in [0.15, 0.2) is 0 Å². The van der Waals surface area contributed by atoms with E-state index in [0.717, 1.165) is 21.9 Å². The van der Waals surface area contributed by atoms with Crippen LogP contribution in [0.3, 0.4) is 0 Å². The van der Waals surface area contributed by atoms with Crippen molar-refractivity contribution in [1.82, 2.24) is 0 Å². The molecule has 0 aliphatic heterocycles. The van der Waals surface area contributed by atoms with Crippen LogP contribution in [0.25, 0.3) is 96.7 Å². The Labute approximate surface area is 257 Å². The zero-order valence-corrected chi connectivity index (χ0v) is 24.5. The summed E-state index contributed by atoms with van der Waals surface area (Å²) in [4.78, 5) is 0. The SMILES string of the molecule is c1cc(-c2ccc3oc4c(ccc5c6ccccc6c6ccccc6c54)c3c2)cc(-c2cccc3c2sc2ccccc23)c1. The van der Waals surface area contributed by atoms with Gasteiger partial charge in [-0.3, -0.25) is 0 Å². The van der Waals surface area contributed by atoms with E-state index in [9.17, 15) is 0 Å². The number of furan rings is 1. The van der Waals surface area contributed by atoms with E-state index in [1.807, 2.05) is 11.3 Å². The zero-order chi connectivity index (χ0) is 28.8. The van der Waals surface area contributed by atoms with Crippen molar-refractivity contribution in [2.75, 3.05) is 0 Å². The van der Waals surface area contributed by atoms with Gasteiger partial charge in [-0.15, -0.1) is 11.3 Å². The second-order valence-electron chi connectivity index (χ2n) is 11.6. The lowest BCUT2D eigenvalue weighted by Crippen LogP contribution is -1.83. The fourth-order valence-corrected chi connectivity index (χ4v) is 8.48. The summed E-state index contributed by atoms with van der Waals surface area (Å²) < 4.78 is 9.36. The van der Waals surface area contributed by atoms with E-state index in [0.29, 0.717) is 0 Å². The van der Waals surface area contributed by atoms with Gasteiger partial charge < -0.3 is 4.42 Å². The summed E-state index contributed by atoms with van der Waals surface area (Å²) in [5, 5.41) is 12.4. The van der Waals surface area contributed by atoms with Gasteiger partial charge in [-0.05, 0) is 79.5 Å². The highest BCUT2D eigenvalue weighted by atomic mass is 32.1. The van der Waals surface area contributed by atoms with Crippen LogP contribution >= 0.6 is 11.3 Å². The van der Waals surface area contributed by atoms with E-state index in [1.54, 1.807) is 0 Å². The molecule has 10 rings (SSSR count). The van der Waals surface area contributed by atoms with Crippen LogP contribution in [0.5, 0.6) is 0 Å². The Morgan fingerprint density at radius 3 is 1.84 bits per heavy atom. The van der Waals surface area contributed by atoms with Gasteiger partial charge in [0.05, 0.1) is 0 Å². The predicted molar refractivity (Wildman–Crippen MR) is 190 cm³/mol. The monoisotopic (exact) mass is 576 g/mol. The predicted octanol–water partition coefficient (Wildman–Crippen LogP) is 12.7. The van der Waals surface area contributed by atoms with E-state index in [4.69, 9.17) is 4.42 Å². The van der Waals surface area contributed by atoms with Gasteiger partial charge in [-0.25, -0.2) is 0 Å². The molecule has 0 atom stereocenters. The third-order valence-corrected chi connectivity index (χ3v) is 10.5. The lowest BCUT2D eigenvalue weighted by atomic mass is 9.93.